The lowest BCUT2D eigenvalue weighted by atomic mass is 10.2. The number of esters is 1. The van der Waals surface area contributed by atoms with Gasteiger partial charge in [0, 0.05) is 4.47 Å². The molecular formula is C16H14BrN5O4. The molecule has 0 N–H and O–H groups in total. The molecule has 3 rings (SSSR count). The van der Waals surface area contributed by atoms with Gasteiger partial charge in [0.2, 0.25) is 0 Å². The van der Waals surface area contributed by atoms with E-state index in [1.54, 1.807) is 19.1 Å². The lowest BCUT2D eigenvalue weighted by molar-refractivity contribution is -0.150. The van der Waals surface area contributed by atoms with Gasteiger partial charge in [-0.25, -0.2) is 9.78 Å². The van der Waals surface area contributed by atoms with Gasteiger partial charge in [0.25, 0.3) is 5.56 Å². The molecule has 0 saturated heterocycles. The molecular weight excluding hydrogens is 406 g/mol. The number of rotatable bonds is 5. The van der Waals surface area contributed by atoms with E-state index in [1.165, 1.54) is 11.6 Å². The van der Waals surface area contributed by atoms with Crippen molar-refractivity contribution in [3.8, 4) is 5.69 Å². The van der Waals surface area contributed by atoms with Gasteiger partial charge in [-0.2, -0.15) is 4.68 Å². The van der Waals surface area contributed by atoms with Crippen LogP contribution in [0.25, 0.3) is 16.9 Å². The van der Waals surface area contributed by atoms with Crippen molar-refractivity contribution in [1.82, 2.24) is 24.5 Å². The average molecular weight is 420 g/mol. The lowest BCUT2D eigenvalue weighted by Gasteiger charge is -2.14. The first-order chi connectivity index (χ1) is 12.4. The van der Waals surface area contributed by atoms with Crippen molar-refractivity contribution in [3.63, 3.8) is 0 Å². The fraction of sp³-hybridized carbons (Fsp3) is 0.250. The van der Waals surface area contributed by atoms with E-state index in [1.807, 2.05) is 12.1 Å². The van der Waals surface area contributed by atoms with Crippen LogP contribution in [0, 0.1) is 0 Å². The van der Waals surface area contributed by atoms with Crippen molar-refractivity contribution in [2.24, 2.45) is 0 Å². The second-order valence-electron chi connectivity index (χ2n) is 5.37. The van der Waals surface area contributed by atoms with Crippen LogP contribution in [-0.4, -0.2) is 42.9 Å². The first-order valence-corrected chi connectivity index (χ1v) is 8.49. The van der Waals surface area contributed by atoms with Gasteiger partial charge < -0.3 is 4.74 Å². The number of benzene rings is 1. The zero-order valence-electron chi connectivity index (χ0n) is 13.9. The van der Waals surface area contributed by atoms with Crippen LogP contribution in [-0.2, 0) is 14.3 Å². The van der Waals surface area contributed by atoms with E-state index in [9.17, 15) is 14.4 Å². The third-order valence-corrected chi connectivity index (χ3v) is 4.16. The monoisotopic (exact) mass is 419 g/mol. The highest BCUT2D eigenvalue weighted by molar-refractivity contribution is 9.10. The summed E-state index contributed by atoms with van der Waals surface area (Å²) in [6.07, 6.45) is 1.13. The molecule has 2 heterocycles. The van der Waals surface area contributed by atoms with Gasteiger partial charge >= 0.3 is 5.97 Å². The smallest absolute Gasteiger partial charge is 0.337 e. The summed E-state index contributed by atoms with van der Waals surface area (Å²) in [5.41, 5.74) is 0.186. The van der Waals surface area contributed by atoms with Crippen molar-refractivity contribution < 1.29 is 14.3 Å². The molecule has 9 nitrogen and oxygen atoms in total. The molecule has 0 bridgehead atoms. The predicted octanol–water partition coefficient (Wildman–Crippen LogP) is 1.43. The molecule has 1 aromatic carbocycles. The third kappa shape index (κ3) is 3.15. The van der Waals surface area contributed by atoms with Crippen LogP contribution in [0.2, 0.25) is 0 Å². The quantitative estimate of drug-likeness (QED) is 0.454. The van der Waals surface area contributed by atoms with E-state index >= 15 is 0 Å². The molecule has 0 radical (unpaired) electrons. The first kappa shape index (κ1) is 17.9. The van der Waals surface area contributed by atoms with Crippen molar-refractivity contribution in [2.45, 2.75) is 19.9 Å². The number of halogens is 1. The summed E-state index contributed by atoms with van der Waals surface area (Å²) in [6, 6.07) is 5.79. The van der Waals surface area contributed by atoms with Crippen molar-refractivity contribution in [3.05, 3.63) is 45.4 Å². The minimum Gasteiger partial charge on any atom is -0.464 e. The van der Waals surface area contributed by atoms with Crippen molar-refractivity contribution in [1.29, 1.82) is 0 Å². The molecule has 2 aromatic heterocycles. The summed E-state index contributed by atoms with van der Waals surface area (Å²) < 4.78 is 8.09. The number of ether oxygens (including phenoxy) is 1. The topological polar surface area (TPSA) is 109 Å². The van der Waals surface area contributed by atoms with Gasteiger partial charge in [-0.15, -0.1) is 5.10 Å². The van der Waals surface area contributed by atoms with Crippen LogP contribution >= 0.6 is 15.9 Å². The van der Waals surface area contributed by atoms with Gasteiger partial charge in [-0.3, -0.25) is 14.2 Å². The van der Waals surface area contributed by atoms with Crippen molar-refractivity contribution in [2.75, 3.05) is 6.61 Å². The van der Waals surface area contributed by atoms with Crippen LogP contribution in [0.1, 0.15) is 19.9 Å². The standard InChI is InChI=1S/C16H14BrN5O4/c1-3-26-16(25)13(9(2)23)21-8-18-14-12(15(21)24)19-20-22(14)11-6-4-10(17)5-7-11/h4-8,13H,3H2,1-2H3. The number of hydrogen-bond acceptors (Lipinski definition) is 7. The maximum Gasteiger partial charge on any atom is 0.337 e. The SMILES string of the molecule is CCOC(=O)C(C(C)=O)n1cnc2c(nnn2-c2ccc(Br)cc2)c1=O. The predicted molar refractivity (Wildman–Crippen MR) is 95.0 cm³/mol. The Morgan fingerprint density at radius 2 is 1.96 bits per heavy atom. The van der Waals surface area contributed by atoms with E-state index in [2.05, 4.69) is 31.2 Å². The first-order valence-electron chi connectivity index (χ1n) is 7.69. The van der Waals surface area contributed by atoms with Crippen LogP contribution in [0.3, 0.4) is 0 Å². The van der Waals surface area contributed by atoms with Crippen molar-refractivity contribution >= 4 is 38.8 Å². The van der Waals surface area contributed by atoms with E-state index < -0.39 is 23.4 Å². The van der Waals surface area contributed by atoms with Crippen LogP contribution in [0.15, 0.2) is 39.9 Å². The number of fused-ring (bicyclic) bond motifs is 1. The molecule has 1 atom stereocenters. The van der Waals surface area contributed by atoms with E-state index in [4.69, 9.17) is 4.74 Å². The highest BCUT2D eigenvalue weighted by atomic mass is 79.9. The maximum absolute atomic E-state index is 12.7. The fourth-order valence-corrected chi connectivity index (χ4v) is 2.72. The van der Waals surface area contributed by atoms with E-state index in [-0.39, 0.29) is 17.8 Å². The Hall–Kier alpha value is -2.88. The van der Waals surface area contributed by atoms with E-state index in [0.29, 0.717) is 5.69 Å². The Kier molecular flexibility index (Phi) is 4.94. The summed E-state index contributed by atoms with van der Waals surface area (Å²) >= 11 is 3.35. The molecule has 0 aliphatic heterocycles. The Labute approximate surface area is 155 Å². The number of aromatic nitrogens is 5. The van der Waals surface area contributed by atoms with Gasteiger partial charge in [0.15, 0.2) is 23.0 Å². The lowest BCUT2D eigenvalue weighted by Crippen LogP contribution is -2.35. The van der Waals surface area contributed by atoms with Gasteiger partial charge in [-0.05, 0) is 38.1 Å². The number of nitrogens with zero attached hydrogens (tertiary/aromatic N) is 5. The van der Waals surface area contributed by atoms with Crippen LogP contribution < -0.4 is 5.56 Å². The fourth-order valence-electron chi connectivity index (χ4n) is 2.46. The molecule has 0 saturated carbocycles. The molecule has 0 aliphatic carbocycles. The second kappa shape index (κ2) is 7.16. The average Bonchev–Trinajstić information content (AvgIpc) is 3.03. The minimum absolute atomic E-state index is 0.0500. The molecule has 1 unspecified atom stereocenters. The zero-order valence-corrected chi connectivity index (χ0v) is 15.5. The number of carbonyl (C=O) groups excluding carboxylic acids is 2. The van der Waals surface area contributed by atoms with Gasteiger partial charge in [-0.1, -0.05) is 21.1 Å². The number of carbonyl (C=O) groups is 2. The number of hydrogen-bond donors (Lipinski definition) is 0. The normalized spacial score (nSPS) is 12.1. The Morgan fingerprint density at radius 3 is 2.58 bits per heavy atom. The number of Topliss-reactive ketones (excluding diaryl/α,β-unsaturated/α-hetero) is 1. The Bertz CT molecular complexity index is 1040. The zero-order chi connectivity index (χ0) is 18.8. The Balaban J connectivity index is 2.13. The summed E-state index contributed by atoms with van der Waals surface area (Å²) in [4.78, 5) is 40.8. The maximum atomic E-state index is 12.7. The van der Waals surface area contributed by atoms with Crippen LogP contribution in [0.4, 0.5) is 0 Å². The molecule has 0 aliphatic rings. The van der Waals surface area contributed by atoms with Gasteiger partial charge in [0.05, 0.1) is 12.3 Å². The third-order valence-electron chi connectivity index (χ3n) is 3.63. The second-order valence-corrected chi connectivity index (χ2v) is 6.29. The largest absolute Gasteiger partial charge is 0.464 e. The summed E-state index contributed by atoms with van der Waals surface area (Å²) in [5.74, 6) is -1.35. The minimum atomic E-state index is -1.41. The highest BCUT2D eigenvalue weighted by Crippen LogP contribution is 2.16. The van der Waals surface area contributed by atoms with Crippen LogP contribution in [0.5, 0.6) is 0 Å². The summed E-state index contributed by atoms with van der Waals surface area (Å²) in [5, 5.41) is 7.82. The molecule has 0 amide bonds. The molecule has 3 aromatic rings. The Morgan fingerprint density at radius 1 is 1.27 bits per heavy atom. The molecule has 134 valence electrons. The molecule has 0 spiro atoms. The van der Waals surface area contributed by atoms with Gasteiger partial charge in [0.1, 0.15) is 6.33 Å². The summed E-state index contributed by atoms with van der Waals surface area (Å²) in [6.45, 7) is 2.91. The highest BCUT2D eigenvalue weighted by Gasteiger charge is 2.29. The van der Waals surface area contributed by atoms with E-state index in [0.717, 1.165) is 15.4 Å². The number of ketones is 1. The molecule has 26 heavy (non-hydrogen) atoms. The summed E-state index contributed by atoms with van der Waals surface area (Å²) in [7, 11) is 0. The molecule has 10 heteroatoms. The molecule has 0 fully saturated rings.